The van der Waals surface area contributed by atoms with Crippen molar-refractivity contribution >= 4 is 17.4 Å². The lowest BCUT2D eigenvalue weighted by Crippen LogP contribution is -2.12. The highest BCUT2D eigenvalue weighted by Crippen LogP contribution is 2.34. The molecule has 0 radical (unpaired) electrons. The number of benzene rings is 2. The van der Waals surface area contributed by atoms with Gasteiger partial charge in [-0.3, -0.25) is 9.59 Å². The molecule has 1 amide bonds. The van der Waals surface area contributed by atoms with Crippen molar-refractivity contribution in [2.45, 2.75) is 45.4 Å². The zero-order chi connectivity index (χ0) is 23.7. The Kier molecular flexibility index (Phi) is 5.79. The predicted octanol–water partition coefficient (Wildman–Crippen LogP) is 5.34. The molecular formula is C26H25N5O3. The molecule has 0 saturated heterocycles. The van der Waals surface area contributed by atoms with Crippen LogP contribution in [0, 0.1) is 6.92 Å². The summed E-state index contributed by atoms with van der Waals surface area (Å²) in [6, 6.07) is 14.5. The Morgan fingerprint density at radius 3 is 2.41 bits per heavy atom. The summed E-state index contributed by atoms with van der Waals surface area (Å²) in [5, 5.41) is 11.5. The highest BCUT2D eigenvalue weighted by molar-refractivity contribution is 6.05. The van der Waals surface area contributed by atoms with Crippen molar-refractivity contribution in [2.75, 3.05) is 5.32 Å². The van der Waals surface area contributed by atoms with Gasteiger partial charge in [0.1, 0.15) is 0 Å². The van der Waals surface area contributed by atoms with Gasteiger partial charge < -0.3 is 9.84 Å². The van der Waals surface area contributed by atoms with Crippen LogP contribution < -0.4 is 5.32 Å². The molecule has 0 aliphatic heterocycles. The van der Waals surface area contributed by atoms with E-state index in [4.69, 9.17) is 4.52 Å². The molecule has 1 fully saturated rings. The summed E-state index contributed by atoms with van der Waals surface area (Å²) in [6.45, 7) is 3.30. The lowest BCUT2D eigenvalue weighted by molar-refractivity contribution is 0.101. The summed E-state index contributed by atoms with van der Waals surface area (Å²) in [5.74, 6) is 1.41. The van der Waals surface area contributed by atoms with Crippen molar-refractivity contribution < 1.29 is 14.1 Å². The molecule has 5 rings (SSSR count). The topological polar surface area (TPSA) is 103 Å². The Balaban J connectivity index is 1.30. The van der Waals surface area contributed by atoms with Crippen LogP contribution in [0.2, 0.25) is 0 Å². The third-order valence-electron chi connectivity index (χ3n) is 6.23. The number of amides is 1. The van der Waals surface area contributed by atoms with Crippen LogP contribution in [0.3, 0.4) is 0 Å². The minimum Gasteiger partial charge on any atom is -0.339 e. The first-order valence-corrected chi connectivity index (χ1v) is 11.4. The number of ketones is 1. The van der Waals surface area contributed by atoms with E-state index >= 15 is 0 Å². The molecule has 1 N–H and O–H groups in total. The van der Waals surface area contributed by atoms with E-state index < -0.39 is 0 Å². The molecule has 1 aliphatic carbocycles. The molecule has 0 atom stereocenters. The highest BCUT2D eigenvalue weighted by atomic mass is 16.5. The van der Waals surface area contributed by atoms with Crippen LogP contribution in [-0.2, 0) is 0 Å². The number of rotatable bonds is 6. The Morgan fingerprint density at radius 2 is 1.74 bits per heavy atom. The van der Waals surface area contributed by atoms with Crippen molar-refractivity contribution in [1.82, 2.24) is 19.9 Å². The molecule has 1 saturated carbocycles. The molecule has 8 heteroatoms. The van der Waals surface area contributed by atoms with Gasteiger partial charge in [0, 0.05) is 28.9 Å². The van der Waals surface area contributed by atoms with Gasteiger partial charge in [0.05, 0.1) is 16.9 Å². The zero-order valence-corrected chi connectivity index (χ0v) is 19.1. The molecule has 2 aromatic heterocycles. The summed E-state index contributed by atoms with van der Waals surface area (Å²) in [6.07, 6.45) is 6.35. The van der Waals surface area contributed by atoms with Crippen LogP contribution in [0.25, 0.3) is 17.1 Å². The number of aryl methyl sites for hydroxylation is 1. The Hall–Kier alpha value is -4.07. The molecule has 2 heterocycles. The Morgan fingerprint density at radius 1 is 1.03 bits per heavy atom. The standard InChI is InChI=1S/C26H25N5O3/c1-16-23(25(33)27-21-11-7-18(8-12-21)17(2)32)15-31(29-16)22-13-9-19(10-14-22)24-28-26(34-30-24)20-5-3-4-6-20/h7-15,20H,3-6H2,1-2H3,(H,27,33). The normalized spacial score (nSPS) is 13.8. The molecule has 1 aliphatic rings. The van der Waals surface area contributed by atoms with Gasteiger partial charge in [0.2, 0.25) is 11.7 Å². The van der Waals surface area contributed by atoms with Crippen molar-refractivity contribution in [3.05, 3.63) is 77.4 Å². The molecule has 172 valence electrons. The first kappa shape index (κ1) is 21.8. The third-order valence-corrected chi connectivity index (χ3v) is 6.23. The highest BCUT2D eigenvalue weighted by Gasteiger charge is 2.23. The quantitative estimate of drug-likeness (QED) is 0.394. The zero-order valence-electron chi connectivity index (χ0n) is 19.1. The Labute approximate surface area is 197 Å². The van der Waals surface area contributed by atoms with Gasteiger partial charge in [-0.05, 0) is 75.2 Å². The summed E-state index contributed by atoms with van der Waals surface area (Å²) >= 11 is 0. The van der Waals surface area contributed by atoms with E-state index in [1.165, 1.54) is 19.8 Å². The number of carbonyl (C=O) groups excluding carboxylic acids is 2. The summed E-state index contributed by atoms with van der Waals surface area (Å²) < 4.78 is 7.16. The monoisotopic (exact) mass is 455 g/mol. The number of Topliss-reactive ketones (excluding diaryl/α,β-unsaturated/α-hetero) is 1. The molecule has 0 unspecified atom stereocenters. The second-order valence-electron chi connectivity index (χ2n) is 8.64. The number of anilines is 1. The average Bonchev–Trinajstić information content (AvgIpc) is 3.60. The van der Waals surface area contributed by atoms with Crippen molar-refractivity contribution in [3.63, 3.8) is 0 Å². The molecule has 0 bridgehead atoms. The van der Waals surface area contributed by atoms with Crippen molar-refractivity contribution in [1.29, 1.82) is 0 Å². The molecule has 2 aromatic carbocycles. The van der Waals surface area contributed by atoms with E-state index in [-0.39, 0.29) is 11.7 Å². The summed E-state index contributed by atoms with van der Waals surface area (Å²) in [4.78, 5) is 28.8. The van der Waals surface area contributed by atoms with E-state index in [9.17, 15) is 9.59 Å². The SMILES string of the molecule is CC(=O)c1ccc(NC(=O)c2cn(-c3ccc(-c4noc(C5CCCC5)n4)cc3)nc2C)cc1. The molecule has 0 spiro atoms. The first-order chi connectivity index (χ1) is 16.5. The van der Waals surface area contributed by atoms with Gasteiger partial charge in [-0.2, -0.15) is 10.1 Å². The van der Waals surface area contributed by atoms with Crippen molar-refractivity contribution in [2.24, 2.45) is 0 Å². The number of carbonyl (C=O) groups is 2. The summed E-state index contributed by atoms with van der Waals surface area (Å²) in [7, 11) is 0. The molecule has 34 heavy (non-hydrogen) atoms. The second kappa shape index (κ2) is 9.05. The molecule has 4 aromatic rings. The number of nitrogens with one attached hydrogen (secondary N) is 1. The maximum atomic E-state index is 12.8. The number of hydrogen-bond donors (Lipinski definition) is 1. The lowest BCUT2D eigenvalue weighted by atomic mass is 10.1. The Bertz CT molecular complexity index is 1330. The van der Waals surface area contributed by atoms with Gasteiger partial charge >= 0.3 is 0 Å². The van der Waals surface area contributed by atoms with Crippen LogP contribution >= 0.6 is 0 Å². The van der Waals surface area contributed by atoms with Crippen LogP contribution in [0.5, 0.6) is 0 Å². The smallest absolute Gasteiger partial charge is 0.259 e. The van der Waals surface area contributed by atoms with E-state index in [0.717, 1.165) is 30.0 Å². The van der Waals surface area contributed by atoms with E-state index in [1.807, 2.05) is 24.3 Å². The molecule has 8 nitrogen and oxygen atoms in total. The van der Waals surface area contributed by atoms with Crippen LogP contribution in [0.4, 0.5) is 5.69 Å². The van der Waals surface area contributed by atoms with Gasteiger partial charge in [-0.1, -0.05) is 18.0 Å². The fraction of sp³-hybridized carbons (Fsp3) is 0.269. The summed E-state index contributed by atoms with van der Waals surface area (Å²) in [5.41, 5.74) is 3.98. The second-order valence-corrected chi connectivity index (χ2v) is 8.64. The predicted molar refractivity (Wildman–Crippen MR) is 127 cm³/mol. The van der Waals surface area contributed by atoms with Gasteiger partial charge in [0.25, 0.3) is 5.91 Å². The first-order valence-electron chi connectivity index (χ1n) is 11.4. The fourth-order valence-corrected chi connectivity index (χ4v) is 4.26. The van der Waals surface area contributed by atoms with E-state index in [2.05, 4.69) is 20.6 Å². The minimum atomic E-state index is -0.262. The van der Waals surface area contributed by atoms with E-state index in [0.29, 0.717) is 34.3 Å². The number of nitrogens with zero attached hydrogens (tertiary/aromatic N) is 4. The number of aromatic nitrogens is 4. The van der Waals surface area contributed by atoms with Crippen LogP contribution in [-0.4, -0.2) is 31.6 Å². The lowest BCUT2D eigenvalue weighted by Gasteiger charge is -2.05. The van der Waals surface area contributed by atoms with E-state index in [1.54, 1.807) is 42.1 Å². The minimum absolute atomic E-state index is 0.0189. The molecular weight excluding hydrogens is 430 g/mol. The van der Waals surface area contributed by atoms with Crippen molar-refractivity contribution in [3.8, 4) is 17.1 Å². The largest absolute Gasteiger partial charge is 0.339 e. The number of hydrogen-bond acceptors (Lipinski definition) is 6. The maximum Gasteiger partial charge on any atom is 0.259 e. The third kappa shape index (κ3) is 4.39. The average molecular weight is 456 g/mol. The van der Waals surface area contributed by atoms with Crippen LogP contribution in [0.1, 0.15) is 70.8 Å². The van der Waals surface area contributed by atoms with Crippen LogP contribution in [0.15, 0.2) is 59.3 Å². The fourth-order valence-electron chi connectivity index (χ4n) is 4.26. The van der Waals surface area contributed by atoms with Gasteiger partial charge in [0.15, 0.2) is 5.78 Å². The van der Waals surface area contributed by atoms with Gasteiger partial charge in [-0.15, -0.1) is 0 Å². The maximum absolute atomic E-state index is 12.8. The van der Waals surface area contributed by atoms with Gasteiger partial charge in [-0.25, -0.2) is 4.68 Å².